The predicted octanol–water partition coefficient (Wildman–Crippen LogP) is 3.95. The van der Waals surface area contributed by atoms with Gasteiger partial charge in [0.2, 0.25) is 0 Å². The normalized spacial score (nSPS) is 13.3. The van der Waals surface area contributed by atoms with E-state index in [4.69, 9.17) is 0 Å². The van der Waals surface area contributed by atoms with Gasteiger partial charge in [-0.2, -0.15) is 0 Å². The fraction of sp³-hybridized carbons (Fsp3) is 0.250. The smallest absolute Gasteiger partial charge is 0.267 e. The molecule has 0 unspecified atom stereocenters. The van der Waals surface area contributed by atoms with Crippen LogP contribution in [0.3, 0.4) is 0 Å². The summed E-state index contributed by atoms with van der Waals surface area (Å²) in [5.74, 6) is -0.0489. The number of thiazole rings is 1. The molecule has 0 saturated heterocycles. The van der Waals surface area contributed by atoms with Gasteiger partial charge >= 0.3 is 0 Å². The largest absolute Gasteiger partial charge is 0.349 e. The van der Waals surface area contributed by atoms with Crippen LogP contribution in [0.15, 0.2) is 29.8 Å². The van der Waals surface area contributed by atoms with Crippen molar-refractivity contribution in [3.05, 3.63) is 45.1 Å². The number of amides is 1. The lowest BCUT2D eigenvalue weighted by atomic mass is 10.2. The first-order chi connectivity index (χ1) is 10.7. The van der Waals surface area contributed by atoms with Crippen LogP contribution in [0.2, 0.25) is 0 Å². The lowest BCUT2D eigenvalue weighted by molar-refractivity contribution is 0.103. The number of aryl methyl sites for hydroxylation is 3. The lowest BCUT2D eigenvalue weighted by Gasteiger charge is -2.00. The molecule has 4 rings (SSSR count). The first-order valence-corrected chi connectivity index (χ1v) is 8.90. The van der Waals surface area contributed by atoms with E-state index < -0.39 is 0 Å². The molecule has 3 heterocycles. The van der Waals surface area contributed by atoms with Gasteiger partial charge in [-0.15, -0.1) is 22.7 Å². The second-order valence-corrected chi connectivity index (χ2v) is 7.40. The number of hydrogen-bond donors (Lipinski definition) is 1. The minimum Gasteiger partial charge on any atom is -0.349 e. The SMILES string of the molecule is Cn1cccc1-c1csc(NC(=O)c2cc3c(s2)CCC3)n1. The molecule has 0 bridgehead atoms. The first kappa shape index (κ1) is 13.7. The number of aromatic nitrogens is 2. The highest BCUT2D eigenvalue weighted by Crippen LogP contribution is 2.31. The molecule has 3 aromatic heterocycles. The maximum absolute atomic E-state index is 12.3. The number of fused-ring (bicyclic) bond motifs is 1. The Morgan fingerprint density at radius 3 is 3.09 bits per heavy atom. The van der Waals surface area contributed by atoms with Crippen molar-refractivity contribution in [2.24, 2.45) is 7.05 Å². The molecule has 0 fully saturated rings. The van der Waals surface area contributed by atoms with Gasteiger partial charge in [-0.25, -0.2) is 4.98 Å². The van der Waals surface area contributed by atoms with Crippen LogP contribution in [0.25, 0.3) is 11.4 Å². The molecule has 6 heteroatoms. The summed E-state index contributed by atoms with van der Waals surface area (Å²) in [6.45, 7) is 0. The van der Waals surface area contributed by atoms with Crippen molar-refractivity contribution >= 4 is 33.7 Å². The average molecular weight is 329 g/mol. The Bertz CT molecular complexity index is 822. The zero-order valence-corrected chi connectivity index (χ0v) is 13.8. The molecule has 112 valence electrons. The highest BCUT2D eigenvalue weighted by molar-refractivity contribution is 7.15. The van der Waals surface area contributed by atoms with Gasteiger partial charge in [0.1, 0.15) is 0 Å². The maximum atomic E-state index is 12.3. The van der Waals surface area contributed by atoms with Crippen molar-refractivity contribution in [1.29, 1.82) is 0 Å². The molecule has 4 nitrogen and oxygen atoms in total. The summed E-state index contributed by atoms with van der Waals surface area (Å²) in [7, 11) is 1.99. The standard InChI is InChI=1S/C16H15N3OS2/c1-19-7-3-5-12(19)11-9-21-16(17-11)18-15(20)14-8-10-4-2-6-13(10)22-14/h3,5,7-9H,2,4,6H2,1H3,(H,17,18,20). The monoisotopic (exact) mass is 329 g/mol. The van der Waals surface area contributed by atoms with Gasteiger partial charge in [0.25, 0.3) is 5.91 Å². The third-order valence-electron chi connectivity index (χ3n) is 3.90. The minimum absolute atomic E-state index is 0.0489. The minimum atomic E-state index is -0.0489. The number of carbonyl (C=O) groups excluding carboxylic acids is 1. The summed E-state index contributed by atoms with van der Waals surface area (Å²) in [6.07, 6.45) is 5.42. The van der Waals surface area contributed by atoms with Crippen molar-refractivity contribution < 1.29 is 4.79 Å². The van der Waals surface area contributed by atoms with Crippen LogP contribution < -0.4 is 5.32 Å². The van der Waals surface area contributed by atoms with Gasteiger partial charge in [0, 0.05) is 23.5 Å². The van der Waals surface area contributed by atoms with Crippen LogP contribution in [0.1, 0.15) is 26.5 Å². The Labute approximate surface area is 136 Å². The number of nitrogens with one attached hydrogen (secondary N) is 1. The third kappa shape index (κ3) is 2.38. The van der Waals surface area contributed by atoms with Crippen LogP contribution >= 0.6 is 22.7 Å². The Kier molecular flexibility index (Phi) is 3.35. The van der Waals surface area contributed by atoms with Crippen molar-refractivity contribution in [2.75, 3.05) is 5.32 Å². The number of anilines is 1. The quantitative estimate of drug-likeness (QED) is 0.791. The van der Waals surface area contributed by atoms with E-state index in [-0.39, 0.29) is 5.91 Å². The summed E-state index contributed by atoms with van der Waals surface area (Å²) >= 11 is 3.08. The molecule has 1 N–H and O–H groups in total. The van der Waals surface area contributed by atoms with E-state index in [0.29, 0.717) is 5.13 Å². The molecule has 0 aromatic carbocycles. The van der Waals surface area contributed by atoms with E-state index in [0.717, 1.165) is 29.1 Å². The van der Waals surface area contributed by atoms with E-state index in [9.17, 15) is 4.79 Å². The zero-order chi connectivity index (χ0) is 15.1. The summed E-state index contributed by atoms with van der Waals surface area (Å²) in [6, 6.07) is 6.04. The maximum Gasteiger partial charge on any atom is 0.267 e. The highest BCUT2D eigenvalue weighted by Gasteiger charge is 2.19. The van der Waals surface area contributed by atoms with Crippen molar-refractivity contribution in [3.63, 3.8) is 0 Å². The summed E-state index contributed by atoms with van der Waals surface area (Å²) in [5, 5.41) is 5.54. The third-order valence-corrected chi connectivity index (χ3v) is 5.89. The van der Waals surface area contributed by atoms with E-state index in [1.165, 1.54) is 28.2 Å². The Balaban J connectivity index is 1.52. The van der Waals surface area contributed by atoms with Gasteiger partial charge in [0.05, 0.1) is 16.3 Å². The molecule has 22 heavy (non-hydrogen) atoms. The molecule has 0 atom stereocenters. The topological polar surface area (TPSA) is 46.9 Å². The molecule has 1 aliphatic rings. The van der Waals surface area contributed by atoms with Gasteiger partial charge in [-0.3, -0.25) is 10.1 Å². The molecule has 1 amide bonds. The molecule has 3 aromatic rings. The predicted molar refractivity (Wildman–Crippen MR) is 90.8 cm³/mol. The summed E-state index contributed by atoms with van der Waals surface area (Å²) in [4.78, 5) is 19.0. The van der Waals surface area contributed by atoms with E-state index in [1.807, 2.05) is 41.4 Å². The molecular weight excluding hydrogens is 314 g/mol. The molecule has 0 aliphatic heterocycles. The van der Waals surface area contributed by atoms with Crippen molar-refractivity contribution in [3.8, 4) is 11.4 Å². The van der Waals surface area contributed by atoms with Gasteiger partial charge in [0.15, 0.2) is 5.13 Å². The number of carbonyl (C=O) groups is 1. The zero-order valence-electron chi connectivity index (χ0n) is 12.1. The molecule has 0 saturated carbocycles. The molecule has 0 radical (unpaired) electrons. The van der Waals surface area contributed by atoms with Crippen LogP contribution in [0.4, 0.5) is 5.13 Å². The number of hydrogen-bond acceptors (Lipinski definition) is 4. The van der Waals surface area contributed by atoms with Crippen LogP contribution in [-0.4, -0.2) is 15.5 Å². The van der Waals surface area contributed by atoms with Gasteiger partial charge in [-0.05, 0) is 43.0 Å². The fourth-order valence-corrected chi connectivity index (χ4v) is 4.62. The number of nitrogens with zero attached hydrogens (tertiary/aromatic N) is 2. The van der Waals surface area contributed by atoms with Crippen LogP contribution in [0, 0.1) is 0 Å². The fourth-order valence-electron chi connectivity index (χ4n) is 2.78. The van der Waals surface area contributed by atoms with Gasteiger partial charge < -0.3 is 4.57 Å². The Morgan fingerprint density at radius 2 is 2.32 bits per heavy atom. The average Bonchev–Trinajstić information content (AvgIpc) is 3.19. The van der Waals surface area contributed by atoms with E-state index in [1.54, 1.807) is 11.3 Å². The van der Waals surface area contributed by atoms with E-state index in [2.05, 4.69) is 10.3 Å². The number of thiophene rings is 1. The highest BCUT2D eigenvalue weighted by atomic mass is 32.1. The van der Waals surface area contributed by atoms with Crippen molar-refractivity contribution in [1.82, 2.24) is 9.55 Å². The Hall–Kier alpha value is -1.92. The Morgan fingerprint density at radius 1 is 1.41 bits per heavy atom. The molecule has 1 aliphatic carbocycles. The summed E-state index contributed by atoms with van der Waals surface area (Å²) < 4.78 is 2.02. The number of rotatable bonds is 3. The van der Waals surface area contributed by atoms with E-state index >= 15 is 0 Å². The summed E-state index contributed by atoms with van der Waals surface area (Å²) in [5.41, 5.74) is 3.28. The van der Waals surface area contributed by atoms with Crippen LogP contribution in [-0.2, 0) is 19.9 Å². The molecular formula is C16H15N3OS2. The van der Waals surface area contributed by atoms with Gasteiger partial charge in [-0.1, -0.05) is 0 Å². The molecule has 0 spiro atoms. The second kappa shape index (κ2) is 5.37. The lowest BCUT2D eigenvalue weighted by Crippen LogP contribution is -2.10. The second-order valence-electron chi connectivity index (χ2n) is 5.41. The van der Waals surface area contributed by atoms with Crippen molar-refractivity contribution in [2.45, 2.75) is 19.3 Å². The van der Waals surface area contributed by atoms with Crippen LogP contribution in [0.5, 0.6) is 0 Å². The first-order valence-electron chi connectivity index (χ1n) is 7.21.